The van der Waals surface area contributed by atoms with Crippen LogP contribution in [0.4, 0.5) is 13.2 Å². The first-order chi connectivity index (χ1) is 11.3. The predicted octanol–water partition coefficient (Wildman–Crippen LogP) is 5.43. The van der Waals surface area contributed by atoms with E-state index in [9.17, 15) is 13.2 Å². The van der Waals surface area contributed by atoms with Gasteiger partial charge >= 0.3 is 6.18 Å². The Morgan fingerprint density at radius 1 is 1.12 bits per heavy atom. The van der Waals surface area contributed by atoms with Crippen LogP contribution in [-0.4, -0.2) is 12.1 Å². The lowest BCUT2D eigenvalue weighted by Gasteiger charge is -2.07. The molecule has 0 amide bonds. The van der Waals surface area contributed by atoms with Crippen LogP contribution in [0.15, 0.2) is 36.7 Å². The molecule has 0 N–H and O–H groups in total. The molecule has 0 saturated heterocycles. The number of benzene rings is 1. The largest absolute Gasteiger partial charge is 0.416 e. The van der Waals surface area contributed by atoms with Crippen LogP contribution in [0.5, 0.6) is 0 Å². The molecular weight excluding hydrogens is 315 g/mol. The summed E-state index contributed by atoms with van der Waals surface area (Å²) in [6, 6.07) is 7.74. The zero-order chi connectivity index (χ0) is 17.7. The SMILES string of the molecule is COCc1cc(C2CC2)ccc1C.Cc1cnccc1C(F)(F)F. The van der Waals surface area contributed by atoms with E-state index in [1.165, 1.54) is 42.7 Å². The monoisotopic (exact) mass is 337 g/mol. The Bertz CT molecular complexity index is 679. The standard InChI is InChI=1S/C12H16O.C7H6F3N/c1-9-3-4-11(10-5-6-10)7-12(9)8-13-2;1-5-4-11-3-2-6(5)7(8,9)10/h3-4,7,10H,5-6,8H2,1-2H3;2-4H,1H3. The second-order valence-corrected chi connectivity index (χ2v) is 6.08. The summed E-state index contributed by atoms with van der Waals surface area (Å²) in [6.07, 6.45) is 0.816. The van der Waals surface area contributed by atoms with E-state index in [-0.39, 0.29) is 5.56 Å². The van der Waals surface area contributed by atoms with Gasteiger partial charge in [-0.05, 0) is 60.9 Å². The third-order valence-electron chi connectivity index (χ3n) is 4.05. The fourth-order valence-corrected chi connectivity index (χ4v) is 2.46. The quantitative estimate of drug-likeness (QED) is 0.745. The zero-order valence-corrected chi connectivity index (χ0v) is 14.2. The van der Waals surface area contributed by atoms with Gasteiger partial charge in [0.25, 0.3) is 0 Å². The van der Waals surface area contributed by atoms with E-state index in [2.05, 4.69) is 30.1 Å². The van der Waals surface area contributed by atoms with E-state index in [0.717, 1.165) is 24.8 Å². The van der Waals surface area contributed by atoms with E-state index in [1.807, 2.05) is 0 Å². The maximum absolute atomic E-state index is 12.0. The van der Waals surface area contributed by atoms with Crippen molar-refractivity contribution in [1.29, 1.82) is 0 Å². The van der Waals surface area contributed by atoms with E-state index < -0.39 is 11.7 Å². The molecule has 1 aliphatic carbocycles. The molecule has 24 heavy (non-hydrogen) atoms. The fourth-order valence-electron chi connectivity index (χ4n) is 2.46. The molecule has 2 aromatic rings. The van der Waals surface area contributed by atoms with Gasteiger partial charge in [0.05, 0.1) is 12.2 Å². The first-order valence-corrected chi connectivity index (χ1v) is 7.89. The van der Waals surface area contributed by atoms with Crippen LogP contribution < -0.4 is 0 Å². The molecule has 1 aromatic carbocycles. The number of halogens is 3. The van der Waals surface area contributed by atoms with Gasteiger partial charge in [-0.1, -0.05) is 18.2 Å². The first kappa shape index (κ1) is 18.5. The van der Waals surface area contributed by atoms with Gasteiger partial charge in [-0.25, -0.2) is 0 Å². The number of aromatic nitrogens is 1. The predicted molar refractivity (Wildman–Crippen MR) is 87.8 cm³/mol. The molecule has 0 aliphatic heterocycles. The van der Waals surface area contributed by atoms with Gasteiger partial charge in [-0.2, -0.15) is 13.2 Å². The summed E-state index contributed by atoms with van der Waals surface area (Å²) < 4.78 is 41.2. The number of pyridine rings is 1. The molecule has 3 rings (SSSR count). The summed E-state index contributed by atoms with van der Waals surface area (Å²) in [5.41, 5.74) is 3.71. The molecule has 0 bridgehead atoms. The lowest BCUT2D eigenvalue weighted by atomic mass is 10.0. The van der Waals surface area contributed by atoms with Gasteiger partial charge in [-0.3, -0.25) is 4.98 Å². The van der Waals surface area contributed by atoms with Crippen molar-refractivity contribution in [3.63, 3.8) is 0 Å². The Labute approximate surface area is 140 Å². The van der Waals surface area contributed by atoms with Crippen LogP contribution in [0.25, 0.3) is 0 Å². The van der Waals surface area contributed by atoms with Crippen LogP contribution >= 0.6 is 0 Å². The smallest absolute Gasteiger partial charge is 0.380 e. The van der Waals surface area contributed by atoms with Crippen LogP contribution in [0.2, 0.25) is 0 Å². The minimum Gasteiger partial charge on any atom is -0.380 e. The molecular formula is C19H22F3NO. The Hall–Kier alpha value is -1.88. The Morgan fingerprint density at radius 2 is 1.83 bits per heavy atom. The molecule has 1 saturated carbocycles. The van der Waals surface area contributed by atoms with Crippen molar-refractivity contribution in [2.75, 3.05) is 7.11 Å². The van der Waals surface area contributed by atoms with Crippen LogP contribution in [-0.2, 0) is 17.5 Å². The summed E-state index contributed by atoms with van der Waals surface area (Å²) in [4.78, 5) is 3.56. The number of aryl methyl sites for hydroxylation is 2. The van der Waals surface area contributed by atoms with E-state index in [4.69, 9.17) is 4.74 Å². The molecule has 2 nitrogen and oxygen atoms in total. The molecule has 1 aromatic heterocycles. The molecule has 0 radical (unpaired) electrons. The highest BCUT2D eigenvalue weighted by atomic mass is 19.4. The molecule has 1 fully saturated rings. The molecule has 1 heterocycles. The van der Waals surface area contributed by atoms with E-state index in [0.29, 0.717) is 0 Å². The van der Waals surface area contributed by atoms with Crippen LogP contribution in [0, 0.1) is 13.8 Å². The van der Waals surface area contributed by atoms with Crippen molar-refractivity contribution in [2.45, 2.75) is 45.4 Å². The van der Waals surface area contributed by atoms with Gasteiger partial charge < -0.3 is 4.74 Å². The maximum atomic E-state index is 12.0. The van der Waals surface area contributed by atoms with E-state index >= 15 is 0 Å². The average Bonchev–Trinajstić information content (AvgIpc) is 3.34. The number of rotatable bonds is 3. The fraction of sp³-hybridized carbons (Fsp3) is 0.421. The normalized spacial score (nSPS) is 14.1. The second-order valence-electron chi connectivity index (χ2n) is 6.08. The van der Waals surface area contributed by atoms with Gasteiger partial charge in [-0.15, -0.1) is 0 Å². The van der Waals surface area contributed by atoms with Crippen molar-refractivity contribution in [2.24, 2.45) is 0 Å². The minimum absolute atomic E-state index is 0.153. The highest BCUT2D eigenvalue weighted by Crippen LogP contribution is 2.40. The maximum Gasteiger partial charge on any atom is 0.416 e. The first-order valence-electron chi connectivity index (χ1n) is 7.89. The summed E-state index contributed by atoms with van der Waals surface area (Å²) in [6.45, 7) is 4.27. The lowest BCUT2D eigenvalue weighted by Crippen LogP contribution is -2.07. The molecule has 130 valence electrons. The van der Waals surface area contributed by atoms with Gasteiger partial charge in [0.15, 0.2) is 0 Å². The minimum atomic E-state index is -4.26. The van der Waals surface area contributed by atoms with Gasteiger partial charge in [0, 0.05) is 19.5 Å². The highest BCUT2D eigenvalue weighted by Gasteiger charge is 2.31. The number of hydrogen-bond acceptors (Lipinski definition) is 2. The Kier molecular flexibility index (Phi) is 5.99. The molecule has 1 aliphatic rings. The summed E-state index contributed by atoms with van der Waals surface area (Å²) in [5.74, 6) is 0.844. The number of alkyl halides is 3. The Morgan fingerprint density at radius 3 is 2.33 bits per heavy atom. The van der Waals surface area contributed by atoms with Gasteiger partial charge in [0.2, 0.25) is 0 Å². The van der Waals surface area contributed by atoms with Gasteiger partial charge in [0.1, 0.15) is 0 Å². The molecule has 0 unspecified atom stereocenters. The number of nitrogens with zero attached hydrogens (tertiary/aromatic N) is 1. The molecule has 0 atom stereocenters. The van der Waals surface area contributed by atoms with Crippen molar-refractivity contribution >= 4 is 0 Å². The number of methoxy groups -OCH3 is 1. The molecule has 5 heteroatoms. The third kappa shape index (κ3) is 5.06. The average molecular weight is 337 g/mol. The summed E-state index contributed by atoms with van der Waals surface area (Å²) in [5, 5.41) is 0. The third-order valence-corrected chi connectivity index (χ3v) is 4.05. The summed E-state index contributed by atoms with van der Waals surface area (Å²) >= 11 is 0. The highest BCUT2D eigenvalue weighted by molar-refractivity contribution is 5.34. The second kappa shape index (κ2) is 7.79. The lowest BCUT2D eigenvalue weighted by molar-refractivity contribution is -0.138. The number of ether oxygens (including phenoxy) is 1. The van der Waals surface area contributed by atoms with E-state index in [1.54, 1.807) is 7.11 Å². The topological polar surface area (TPSA) is 22.1 Å². The van der Waals surface area contributed by atoms with Crippen molar-refractivity contribution < 1.29 is 17.9 Å². The van der Waals surface area contributed by atoms with Crippen molar-refractivity contribution in [3.8, 4) is 0 Å². The molecule has 0 spiro atoms. The van der Waals surface area contributed by atoms with Crippen LogP contribution in [0.1, 0.15) is 46.6 Å². The van der Waals surface area contributed by atoms with Crippen LogP contribution in [0.3, 0.4) is 0 Å². The number of hydrogen-bond donors (Lipinski definition) is 0. The van der Waals surface area contributed by atoms with Crippen molar-refractivity contribution in [3.05, 3.63) is 64.5 Å². The summed E-state index contributed by atoms with van der Waals surface area (Å²) in [7, 11) is 1.75. The Balaban J connectivity index is 0.000000177. The van der Waals surface area contributed by atoms with Crippen molar-refractivity contribution in [1.82, 2.24) is 4.98 Å². The zero-order valence-electron chi connectivity index (χ0n) is 14.2.